The molecule has 1 N–H and O–H groups in total. The average Bonchev–Trinajstić information content (AvgIpc) is 2.82. The lowest BCUT2D eigenvalue weighted by Crippen LogP contribution is -2.24. The molecule has 0 radical (unpaired) electrons. The highest BCUT2D eigenvalue weighted by molar-refractivity contribution is 7.16. The van der Waals surface area contributed by atoms with Crippen molar-refractivity contribution in [3.63, 3.8) is 0 Å². The van der Waals surface area contributed by atoms with Crippen molar-refractivity contribution in [2.75, 3.05) is 11.9 Å². The number of halogens is 2. The van der Waals surface area contributed by atoms with Gasteiger partial charge < -0.3 is 10.2 Å². The fourth-order valence-electron chi connectivity index (χ4n) is 1.93. The molecule has 2 heterocycles. The molecule has 0 atom stereocenters. The van der Waals surface area contributed by atoms with Crippen LogP contribution in [0.3, 0.4) is 0 Å². The molecule has 0 aromatic carbocycles. The van der Waals surface area contributed by atoms with Crippen LogP contribution in [-0.4, -0.2) is 18.1 Å². The Labute approximate surface area is 133 Å². The van der Waals surface area contributed by atoms with E-state index in [0.717, 1.165) is 9.21 Å². The summed E-state index contributed by atoms with van der Waals surface area (Å²) in [5, 5.41) is 3.22. The predicted octanol–water partition coefficient (Wildman–Crippen LogP) is 4.07. The molecule has 0 aliphatic heterocycles. The molecule has 0 bridgehead atoms. The summed E-state index contributed by atoms with van der Waals surface area (Å²) in [5.74, 6) is 0.0957. The van der Waals surface area contributed by atoms with Gasteiger partial charge in [0.1, 0.15) is 0 Å². The second kappa shape index (κ2) is 7.20. The Kier molecular flexibility index (Phi) is 5.56. The van der Waals surface area contributed by atoms with E-state index in [2.05, 4.69) is 10.3 Å². The first kappa shape index (κ1) is 16.2. The van der Waals surface area contributed by atoms with Gasteiger partial charge >= 0.3 is 0 Å². The van der Waals surface area contributed by atoms with E-state index in [-0.39, 0.29) is 5.82 Å². The van der Waals surface area contributed by atoms with Crippen molar-refractivity contribution in [3.8, 4) is 0 Å². The quantitative estimate of drug-likeness (QED) is 0.867. The van der Waals surface area contributed by atoms with Crippen molar-refractivity contribution in [2.45, 2.75) is 33.0 Å². The van der Waals surface area contributed by atoms with Gasteiger partial charge in [-0.3, -0.25) is 0 Å². The Morgan fingerprint density at radius 3 is 2.76 bits per heavy atom. The van der Waals surface area contributed by atoms with Crippen LogP contribution in [-0.2, 0) is 13.1 Å². The molecular weight excluding hydrogens is 309 g/mol. The third kappa shape index (κ3) is 4.40. The number of anilines is 1. The Morgan fingerprint density at radius 2 is 2.14 bits per heavy atom. The number of aromatic nitrogens is 1. The van der Waals surface area contributed by atoms with Crippen LogP contribution in [0.25, 0.3) is 0 Å². The summed E-state index contributed by atoms with van der Waals surface area (Å²) in [6.45, 7) is 5.15. The van der Waals surface area contributed by atoms with E-state index in [1.54, 1.807) is 17.2 Å². The maximum absolute atomic E-state index is 14.5. The molecule has 2 aromatic rings. The molecule has 2 aromatic heterocycles. The van der Waals surface area contributed by atoms with Crippen LogP contribution in [0.1, 0.15) is 24.3 Å². The zero-order chi connectivity index (χ0) is 15.4. The number of pyridine rings is 1. The smallest absolute Gasteiger partial charge is 0.170 e. The average molecular weight is 328 g/mol. The number of hydrogen-bond acceptors (Lipinski definition) is 4. The number of hydrogen-bond donors (Lipinski definition) is 1. The summed E-state index contributed by atoms with van der Waals surface area (Å²) < 4.78 is 15.3. The number of nitrogens with zero attached hydrogens (tertiary/aromatic N) is 2. The van der Waals surface area contributed by atoms with Crippen molar-refractivity contribution >= 4 is 28.8 Å². The Hall–Kier alpha value is -1.17. The van der Waals surface area contributed by atoms with Gasteiger partial charge in [0.25, 0.3) is 0 Å². The maximum atomic E-state index is 14.5. The second-order valence-electron chi connectivity index (χ2n) is 5.21. The topological polar surface area (TPSA) is 28.2 Å². The summed E-state index contributed by atoms with van der Waals surface area (Å²) in [6, 6.07) is 5.82. The summed E-state index contributed by atoms with van der Waals surface area (Å²) in [7, 11) is 1.83. The minimum Gasteiger partial charge on any atom is -0.352 e. The van der Waals surface area contributed by atoms with E-state index in [1.165, 1.54) is 11.3 Å². The third-order valence-corrected chi connectivity index (χ3v) is 4.25. The first-order valence-corrected chi connectivity index (χ1v) is 7.99. The second-order valence-corrected chi connectivity index (χ2v) is 7.00. The van der Waals surface area contributed by atoms with E-state index >= 15 is 0 Å². The zero-order valence-corrected chi connectivity index (χ0v) is 13.9. The Morgan fingerprint density at radius 1 is 1.38 bits per heavy atom. The fraction of sp³-hybridized carbons (Fsp3) is 0.400. The lowest BCUT2D eigenvalue weighted by Gasteiger charge is -2.19. The molecule has 21 heavy (non-hydrogen) atoms. The van der Waals surface area contributed by atoms with Gasteiger partial charge in [0.05, 0.1) is 10.9 Å². The van der Waals surface area contributed by atoms with Crippen molar-refractivity contribution < 1.29 is 4.39 Å². The minimum absolute atomic E-state index is 0.268. The van der Waals surface area contributed by atoms with Crippen molar-refractivity contribution in [1.29, 1.82) is 0 Å². The first-order chi connectivity index (χ1) is 9.97. The summed E-state index contributed by atoms with van der Waals surface area (Å²) in [5.41, 5.74) is 0.629. The van der Waals surface area contributed by atoms with E-state index in [9.17, 15) is 4.39 Å². The molecular formula is C15H19ClFN3S. The Bertz CT molecular complexity index is 600. The van der Waals surface area contributed by atoms with Crippen LogP contribution in [0, 0.1) is 5.82 Å². The summed E-state index contributed by atoms with van der Waals surface area (Å²) in [4.78, 5) is 7.04. The molecule has 0 spiro atoms. The number of rotatable bonds is 6. The van der Waals surface area contributed by atoms with Crippen molar-refractivity contribution in [1.82, 2.24) is 10.3 Å². The van der Waals surface area contributed by atoms with Gasteiger partial charge in [-0.15, -0.1) is 11.3 Å². The van der Waals surface area contributed by atoms with Crippen LogP contribution >= 0.6 is 22.9 Å². The van der Waals surface area contributed by atoms with Crippen LogP contribution in [0.15, 0.2) is 24.4 Å². The molecule has 0 aliphatic rings. The molecule has 0 saturated heterocycles. The standard InChI is InChI=1S/C15H19ClFN3S/c1-10(2)19-8-11-6-7-18-15(14(11)17)20(3)9-12-4-5-13(16)21-12/h4-7,10,19H,8-9H2,1-3H3. The van der Waals surface area contributed by atoms with Crippen LogP contribution < -0.4 is 10.2 Å². The summed E-state index contributed by atoms with van der Waals surface area (Å²) >= 11 is 7.42. The van der Waals surface area contributed by atoms with Gasteiger partial charge in [0.15, 0.2) is 11.6 Å². The van der Waals surface area contributed by atoms with Gasteiger partial charge in [0, 0.05) is 36.3 Å². The lowest BCUT2D eigenvalue weighted by atomic mass is 10.2. The van der Waals surface area contributed by atoms with E-state index in [0.29, 0.717) is 30.5 Å². The highest BCUT2D eigenvalue weighted by Gasteiger charge is 2.14. The molecule has 3 nitrogen and oxygen atoms in total. The van der Waals surface area contributed by atoms with E-state index in [4.69, 9.17) is 11.6 Å². The number of thiophene rings is 1. The summed E-state index contributed by atoms with van der Waals surface area (Å²) in [6.07, 6.45) is 1.65. The van der Waals surface area contributed by atoms with Gasteiger partial charge in [-0.2, -0.15) is 0 Å². The molecule has 114 valence electrons. The molecule has 0 saturated carbocycles. The van der Waals surface area contributed by atoms with E-state index < -0.39 is 0 Å². The fourth-order valence-corrected chi connectivity index (χ4v) is 3.07. The zero-order valence-electron chi connectivity index (χ0n) is 12.4. The van der Waals surface area contributed by atoms with Crippen molar-refractivity contribution in [2.24, 2.45) is 0 Å². The van der Waals surface area contributed by atoms with Gasteiger partial charge in [0.2, 0.25) is 0 Å². The molecule has 6 heteroatoms. The van der Waals surface area contributed by atoms with Crippen LogP contribution in [0.4, 0.5) is 10.2 Å². The van der Waals surface area contributed by atoms with Crippen LogP contribution in [0.5, 0.6) is 0 Å². The molecule has 0 aliphatic carbocycles. The predicted molar refractivity (Wildman–Crippen MR) is 87.6 cm³/mol. The SMILES string of the molecule is CC(C)NCc1ccnc(N(C)Cc2ccc(Cl)s2)c1F. The lowest BCUT2D eigenvalue weighted by molar-refractivity contribution is 0.548. The third-order valence-electron chi connectivity index (χ3n) is 3.03. The van der Waals surface area contributed by atoms with Gasteiger partial charge in [-0.25, -0.2) is 9.37 Å². The monoisotopic (exact) mass is 327 g/mol. The minimum atomic E-state index is -0.268. The van der Waals surface area contributed by atoms with Crippen molar-refractivity contribution in [3.05, 3.63) is 45.0 Å². The van der Waals surface area contributed by atoms with Crippen LogP contribution in [0.2, 0.25) is 4.34 Å². The molecule has 2 rings (SSSR count). The van der Waals surface area contributed by atoms with E-state index in [1.807, 2.05) is 33.0 Å². The van der Waals surface area contributed by atoms with Gasteiger partial charge in [-0.1, -0.05) is 25.4 Å². The van der Waals surface area contributed by atoms with Gasteiger partial charge in [-0.05, 0) is 18.2 Å². The first-order valence-electron chi connectivity index (χ1n) is 6.79. The molecule has 0 unspecified atom stereocenters. The normalized spacial score (nSPS) is 11.1. The Balaban J connectivity index is 2.13. The highest BCUT2D eigenvalue weighted by atomic mass is 35.5. The largest absolute Gasteiger partial charge is 0.352 e. The highest BCUT2D eigenvalue weighted by Crippen LogP contribution is 2.25. The maximum Gasteiger partial charge on any atom is 0.170 e. The number of nitrogens with one attached hydrogen (secondary N) is 1. The molecule has 0 fully saturated rings. The molecule has 0 amide bonds.